The molecule has 0 N–H and O–H groups in total. The molecule has 0 saturated carbocycles. The van der Waals surface area contributed by atoms with E-state index in [2.05, 4.69) is 42.0 Å². The first-order valence-electron chi connectivity index (χ1n) is 8.17. The Balaban J connectivity index is 2.00. The Bertz CT molecular complexity index is 731. The molecule has 1 aromatic rings. The van der Waals surface area contributed by atoms with Crippen LogP contribution < -0.4 is 0 Å². The third kappa shape index (κ3) is 3.22. The maximum Gasteiger partial charge on any atom is 0.220 e. The SMILES string of the molecule is CC(=O)N1C2C#CC/C=C(c3ccc(C)nc3)\C=C/2CC[C@@H]1C. The molecule has 1 unspecified atom stereocenters. The first-order valence-corrected chi connectivity index (χ1v) is 8.17. The quantitative estimate of drug-likeness (QED) is 0.744. The molecule has 1 aromatic heterocycles. The van der Waals surface area contributed by atoms with Crippen LogP contribution in [-0.2, 0) is 4.79 Å². The molecule has 2 aliphatic rings. The average molecular weight is 306 g/mol. The molecule has 0 spiro atoms. The van der Waals surface area contributed by atoms with Crippen molar-refractivity contribution in [1.29, 1.82) is 0 Å². The highest BCUT2D eigenvalue weighted by Gasteiger charge is 2.32. The molecule has 1 amide bonds. The second-order valence-electron chi connectivity index (χ2n) is 6.31. The Labute approximate surface area is 138 Å². The highest BCUT2D eigenvalue weighted by atomic mass is 16.2. The zero-order chi connectivity index (χ0) is 16.4. The van der Waals surface area contributed by atoms with E-state index < -0.39 is 0 Å². The van der Waals surface area contributed by atoms with Gasteiger partial charge in [0.25, 0.3) is 0 Å². The molecule has 23 heavy (non-hydrogen) atoms. The summed E-state index contributed by atoms with van der Waals surface area (Å²) in [5.41, 5.74) is 4.51. The van der Waals surface area contributed by atoms with Crippen LogP contribution in [0.2, 0.25) is 0 Å². The number of aromatic nitrogens is 1. The van der Waals surface area contributed by atoms with Crippen LogP contribution in [0.5, 0.6) is 0 Å². The molecular weight excluding hydrogens is 284 g/mol. The van der Waals surface area contributed by atoms with Gasteiger partial charge in [-0.3, -0.25) is 9.78 Å². The molecule has 2 heterocycles. The summed E-state index contributed by atoms with van der Waals surface area (Å²) in [6.45, 7) is 5.74. The minimum absolute atomic E-state index is 0.0849. The summed E-state index contributed by atoms with van der Waals surface area (Å²) in [5.74, 6) is 6.62. The fourth-order valence-electron chi connectivity index (χ4n) is 3.30. The average Bonchev–Trinajstić information content (AvgIpc) is 2.49. The van der Waals surface area contributed by atoms with E-state index in [4.69, 9.17) is 0 Å². The molecule has 118 valence electrons. The van der Waals surface area contributed by atoms with Crippen LogP contribution in [0, 0.1) is 18.8 Å². The molecule has 1 saturated heterocycles. The summed E-state index contributed by atoms with van der Waals surface area (Å²) in [6, 6.07) is 4.29. The number of piperidine rings is 1. The monoisotopic (exact) mass is 306 g/mol. The Hall–Kier alpha value is -2.34. The second kappa shape index (κ2) is 6.42. The molecule has 1 fully saturated rings. The maximum absolute atomic E-state index is 12.1. The van der Waals surface area contributed by atoms with Crippen molar-refractivity contribution in [2.24, 2.45) is 0 Å². The number of carbonyl (C=O) groups is 1. The van der Waals surface area contributed by atoms with Crippen molar-refractivity contribution in [1.82, 2.24) is 9.88 Å². The topological polar surface area (TPSA) is 33.2 Å². The van der Waals surface area contributed by atoms with E-state index >= 15 is 0 Å². The molecule has 0 aromatic carbocycles. The van der Waals surface area contributed by atoms with Crippen molar-refractivity contribution in [2.75, 3.05) is 0 Å². The Morgan fingerprint density at radius 1 is 1.39 bits per heavy atom. The number of hydrogen-bond donors (Lipinski definition) is 0. The van der Waals surface area contributed by atoms with Crippen LogP contribution in [0.4, 0.5) is 0 Å². The number of rotatable bonds is 1. The third-order valence-electron chi connectivity index (χ3n) is 4.57. The number of likely N-dealkylation sites (tertiary alicyclic amines) is 1. The smallest absolute Gasteiger partial charge is 0.220 e. The van der Waals surface area contributed by atoms with Crippen molar-refractivity contribution >= 4 is 11.5 Å². The Kier molecular flexibility index (Phi) is 4.34. The lowest BCUT2D eigenvalue weighted by Gasteiger charge is -2.39. The zero-order valence-electron chi connectivity index (χ0n) is 14.0. The summed E-state index contributed by atoms with van der Waals surface area (Å²) in [6.07, 6.45) is 8.95. The van der Waals surface area contributed by atoms with Gasteiger partial charge >= 0.3 is 0 Å². The standard InChI is InChI=1S/C20H22N2O/c1-14-8-10-19(13-21-14)17-6-4-5-7-20-18(12-17)11-9-15(2)22(20)16(3)23/h6,8,10,12-13,15,20H,4,9,11H2,1-3H3/b17-6+,18-12-/t15-,20?/m0/s1. The summed E-state index contributed by atoms with van der Waals surface area (Å²) >= 11 is 0. The summed E-state index contributed by atoms with van der Waals surface area (Å²) in [5, 5.41) is 0. The highest BCUT2D eigenvalue weighted by Crippen LogP contribution is 2.31. The number of allylic oxidation sites excluding steroid dienone is 3. The van der Waals surface area contributed by atoms with Gasteiger partial charge in [0.15, 0.2) is 0 Å². The van der Waals surface area contributed by atoms with E-state index in [9.17, 15) is 4.79 Å². The number of nitrogens with zero attached hydrogens (tertiary/aromatic N) is 2. The normalized spacial score (nSPS) is 28.0. The van der Waals surface area contributed by atoms with Crippen molar-refractivity contribution in [2.45, 2.75) is 52.1 Å². The zero-order valence-corrected chi connectivity index (χ0v) is 14.0. The van der Waals surface area contributed by atoms with Gasteiger partial charge in [-0.15, -0.1) is 0 Å². The maximum atomic E-state index is 12.1. The summed E-state index contributed by atoms with van der Waals surface area (Å²) in [4.78, 5) is 18.4. The van der Waals surface area contributed by atoms with Gasteiger partial charge in [-0.05, 0) is 49.5 Å². The molecule has 1 aliphatic carbocycles. The van der Waals surface area contributed by atoms with E-state index in [1.807, 2.05) is 24.1 Å². The van der Waals surface area contributed by atoms with Gasteiger partial charge in [0.2, 0.25) is 5.91 Å². The minimum atomic E-state index is -0.0849. The predicted molar refractivity (Wildman–Crippen MR) is 92.4 cm³/mol. The van der Waals surface area contributed by atoms with Crippen LogP contribution in [0.15, 0.2) is 36.1 Å². The lowest BCUT2D eigenvalue weighted by molar-refractivity contribution is -0.132. The van der Waals surface area contributed by atoms with Gasteiger partial charge < -0.3 is 4.90 Å². The largest absolute Gasteiger partial charge is 0.323 e. The van der Waals surface area contributed by atoms with E-state index in [0.29, 0.717) is 6.42 Å². The van der Waals surface area contributed by atoms with Crippen LogP contribution in [0.3, 0.4) is 0 Å². The second-order valence-corrected chi connectivity index (χ2v) is 6.31. The van der Waals surface area contributed by atoms with Gasteiger partial charge in [-0.1, -0.05) is 30.1 Å². The highest BCUT2D eigenvalue weighted by molar-refractivity contribution is 5.78. The molecule has 2 atom stereocenters. The van der Waals surface area contributed by atoms with Gasteiger partial charge in [0, 0.05) is 31.3 Å². The number of hydrogen-bond acceptors (Lipinski definition) is 2. The molecule has 0 radical (unpaired) electrons. The Morgan fingerprint density at radius 3 is 2.91 bits per heavy atom. The molecule has 3 rings (SSSR count). The summed E-state index contributed by atoms with van der Waals surface area (Å²) in [7, 11) is 0. The van der Waals surface area contributed by atoms with E-state index in [1.165, 1.54) is 5.57 Å². The molecule has 0 bridgehead atoms. The van der Waals surface area contributed by atoms with Gasteiger partial charge in [0.05, 0.1) is 0 Å². The molecule has 1 aliphatic heterocycles. The first kappa shape index (κ1) is 15.6. The predicted octanol–water partition coefficient (Wildman–Crippen LogP) is 3.51. The van der Waals surface area contributed by atoms with E-state index in [-0.39, 0.29) is 18.0 Å². The molecule has 3 heteroatoms. The van der Waals surface area contributed by atoms with Crippen molar-refractivity contribution in [3.05, 3.63) is 47.3 Å². The van der Waals surface area contributed by atoms with Gasteiger partial charge in [0.1, 0.15) is 6.04 Å². The fourth-order valence-corrected chi connectivity index (χ4v) is 3.30. The first-order chi connectivity index (χ1) is 11.1. The number of fused-ring (bicyclic) bond motifs is 1. The van der Waals surface area contributed by atoms with Gasteiger partial charge in [-0.2, -0.15) is 0 Å². The lowest BCUT2D eigenvalue weighted by Crippen LogP contribution is -2.48. The lowest BCUT2D eigenvalue weighted by atomic mass is 9.88. The number of pyridine rings is 1. The van der Waals surface area contributed by atoms with E-state index in [0.717, 1.165) is 29.7 Å². The van der Waals surface area contributed by atoms with Gasteiger partial charge in [-0.25, -0.2) is 0 Å². The van der Waals surface area contributed by atoms with Crippen molar-refractivity contribution < 1.29 is 4.79 Å². The molecular formula is C20H22N2O. The van der Waals surface area contributed by atoms with Crippen molar-refractivity contribution in [3.63, 3.8) is 0 Å². The molecule has 3 nitrogen and oxygen atoms in total. The fraction of sp³-hybridized carbons (Fsp3) is 0.400. The number of carbonyl (C=O) groups excluding carboxylic acids is 1. The third-order valence-corrected chi connectivity index (χ3v) is 4.57. The number of aryl methyl sites for hydroxylation is 1. The Morgan fingerprint density at radius 2 is 2.22 bits per heavy atom. The van der Waals surface area contributed by atoms with Crippen LogP contribution >= 0.6 is 0 Å². The van der Waals surface area contributed by atoms with Crippen LogP contribution in [0.25, 0.3) is 5.57 Å². The minimum Gasteiger partial charge on any atom is -0.323 e. The summed E-state index contributed by atoms with van der Waals surface area (Å²) < 4.78 is 0. The van der Waals surface area contributed by atoms with Crippen LogP contribution in [-0.4, -0.2) is 27.9 Å². The van der Waals surface area contributed by atoms with Crippen LogP contribution in [0.1, 0.15) is 44.4 Å². The van der Waals surface area contributed by atoms with E-state index in [1.54, 1.807) is 6.92 Å². The number of amides is 1. The van der Waals surface area contributed by atoms with Crippen molar-refractivity contribution in [3.8, 4) is 11.8 Å².